The van der Waals surface area contributed by atoms with Crippen LogP contribution in [0.2, 0.25) is 0 Å². The van der Waals surface area contributed by atoms with Gasteiger partial charge < -0.3 is 10.1 Å². The monoisotopic (exact) mass is 259 g/mol. The Morgan fingerprint density at radius 3 is 2.83 bits per heavy atom. The smallest absolute Gasteiger partial charge is 0.273 e. The van der Waals surface area contributed by atoms with Gasteiger partial charge in [-0.2, -0.15) is 5.26 Å². The summed E-state index contributed by atoms with van der Waals surface area (Å²) in [5, 5.41) is 14.0. The van der Waals surface area contributed by atoms with Gasteiger partial charge in [-0.25, -0.2) is 0 Å². The molecule has 1 fully saturated rings. The molecular weight excluding hydrogens is 250 g/mol. The van der Waals surface area contributed by atoms with E-state index in [2.05, 4.69) is 10.6 Å². The number of rotatable bonds is 3. The highest BCUT2D eigenvalue weighted by Crippen LogP contribution is 2.21. The molecule has 1 heterocycles. The van der Waals surface area contributed by atoms with Gasteiger partial charge in [-0.05, 0) is 24.4 Å². The first-order valence-corrected chi connectivity index (χ1v) is 5.54. The summed E-state index contributed by atoms with van der Waals surface area (Å²) in [5.74, 6) is 0.258. The molecule has 18 heavy (non-hydrogen) atoms. The van der Waals surface area contributed by atoms with Crippen LogP contribution in [0.5, 0.6) is 5.75 Å². The summed E-state index contributed by atoms with van der Waals surface area (Å²) in [7, 11) is 0. The summed E-state index contributed by atoms with van der Waals surface area (Å²) < 4.78 is 5.26. The van der Waals surface area contributed by atoms with Crippen LogP contribution in [0, 0.1) is 11.3 Å². The summed E-state index contributed by atoms with van der Waals surface area (Å²) in [6.45, 7) is -0.0434. The lowest BCUT2D eigenvalue weighted by Crippen LogP contribution is -2.21. The average Bonchev–Trinajstić information content (AvgIpc) is 2.67. The molecule has 0 aliphatic carbocycles. The second-order valence-electron chi connectivity index (χ2n) is 3.45. The van der Waals surface area contributed by atoms with Gasteiger partial charge in [-0.3, -0.25) is 10.1 Å². The Bertz CT molecular complexity index is 575. The molecule has 0 unspecified atom stereocenters. The number of ether oxygens (including phenoxy) is 1. The van der Waals surface area contributed by atoms with E-state index >= 15 is 0 Å². The number of hydrogen-bond donors (Lipinski definition) is 2. The third-order valence-electron chi connectivity index (χ3n) is 2.23. The number of carbonyl (C=O) groups is 1. The number of nitriles is 1. The number of para-hydroxylation sites is 1. The van der Waals surface area contributed by atoms with Gasteiger partial charge in [-0.15, -0.1) is 0 Å². The van der Waals surface area contributed by atoms with E-state index in [1.807, 2.05) is 12.1 Å². The molecule has 2 rings (SSSR count). The molecule has 1 aliphatic rings. The van der Waals surface area contributed by atoms with Gasteiger partial charge in [0, 0.05) is 5.56 Å². The Balaban J connectivity index is 2.29. The zero-order valence-corrected chi connectivity index (χ0v) is 10.1. The first kappa shape index (κ1) is 12.1. The molecule has 1 aliphatic heterocycles. The third kappa shape index (κ3) is 2.64. The molecule has 1 aromatic rings. The molecule has 1 saturated heterocycles. The van der Waals surface area contributed by atoms with E-state index in [4.69, 9.17) is 22.2 Å². The van der Waals surface area contributed by atoms with Crippen molar-refractivity contribution in [3.05, 3.63) is 35.5 Å². The van der Waals surface area contributed by atoms with Crippen molar-refractivity contribution in [1.29, 1.82) is 5.26 Å². The van der Waals surface area contributed by atoms with Crippen molar-refractivity contribution in [3.8, 4) is 11.8 Å². The molecule has 0 aromatic heterocycles. The molecule has 5 nitrogen and oxygen atoms in total. The number of benzene rings is 1. The molecule has 6 heteroatoms. The maximum Gasteiger partial charge on any atom is 0.273 e. The highest BCUT2D eigenvalue weighted by Gasteiger charge is 2.20. The number of carbonyl (C=O) groups excluding carboxylic acids is 1. The summed E-state index contributed by atoms with van der Waals surface area (Å²) >= 11 is 4.83. The highest BCUT2D eigenvalue weighted by molar-refractivity contribution is 7.80. The van der Waals surface area contributed by atoms with E-state index < -0.39 is 0 Å². The minimum atomic E-state index is -0.282. The minimum absolute atomic E-state index is 0.0434. The van der Waals surface area contributed by atoms with E-state index in [1.165, 1.54) is 0 Å². The van der Waals surface area contributed by atoms with Crippen LogP contribution in [0.25, 0.3) is 6.08 Å². The van der Waals surface area contributed by atoms with Crippen LogP contribution in [0.3, 0.4) is 0 Å². The SMILES string of the molecule is N#CCOc1ccccc1C=C1NC(=S)NC1=O. The van der Waals surface area contributed by atoms with Gasteiger partial charge in [0.15, 0.2) is 11.7 Å². The average molecular weight is 259 g/mol. The Morgan fingerprint density at radius 1 is 1.39 bits per heavy atom. The lowest BCUT2D eigenvalue weighted by molar-refractivity contribution is -0.115. The topological polar surface area (TPSA) is 74.2 Å². The van der Waals surface area contributed by atoms with Crippen molar-refractivity contribution in [2.45, 2.75) is 0 Å². The fraction of sp³-hybridized carbons (Fsp3) is 0.0833. The summed E-state index contributed by atoms with van der Waals surface area (Å²) in [4.78, 5) is 11.5. The van der Waals surface area contributed by atoms with E-state index in [-0.39, 0.29) is 17.6 Å². The van der Waals surface area contributed by atoms with E-state index in [1.54, 1.807) is 24.3 Å². The summed E-state index contributed by atoms with van der Waals surface area (Å²) in [6, 6.07) is 9.02. The minimum Gasteiger partial charge on any atom is -0.478 e. The summed E-state index contributed by atoms with van der Waals surface area (Å²) in [6.07, 6.45) is 1.63. The number of hydrogen-bond acceptors (Lipinski definition) is 4. The van der Waals surface area contributed by atoms with Crippen LogP contribution in [-0.4, -0.2) is 17.6 Å². The van der Waals surface area contributed by atoms with Crippen LogP contribution >= 0.6 is 12.2 Å². The molecule has 0 radical (unpaired) electrons. The summed E-state index contributed by atoms with van der Waals surface area (Å²) in [5.41, 5.74) is 1.06. The fourth-order valence-corrected chi connectivity index (χ4v) is 1.68. The van der Waals surface area contributed by atoms with Crippen LogP contribution in [0.4, 0.5) is 0 Å². The quantitative estimate of drug-likeness (QED) is 0.624. The predicted octanol–water partition coefficient (Wildman–Crippen LogP) is 0.934. The van der Waals surface area contributed by atoms with Crippen LogP contribution in [-0.2, 0) is 4.79 Å². The highest BCUT2D eigenvalue weighted by atomic mass is 32.1. The van der Waals surface area contributed by atoms with Gasteiger partial charge >= 0.3 is 0 Å². The first-order valence-electron chi connectivity index (χ1n) is 5.13. The Morgan fingerprint density at radius 2 is 2.17 bits per heavy atom. The van der Waals surface area contributed by atoms with Gasteiger partial charge in [0.2, 0.25) is 0 Å². The van der Waals surface area contributed by atoms with Crippen molar-refractivity contribution in [2.75, 3.05) is 6.61 Å². The van der Waals surface area contributed by atoms with E-state index in [0.717, 1.165) is 0 Å². The Kier molecular flexibility index (Phi) is 3.55. The molecule has 0 bridgehead atoms. The van der Waals surface area contributed by atoms with E-state index in [9.17, 15) is 4.79 Å². The molecule has 0 spiro atoms. The van der Waals surface area contributed by atoms with Crippen LogP contribution < -0.4 is 15.4 Å². The maximum atomic E-state index is 11.5. The Hall–Kier alpha value is -2.39. The fourth-order valence-electron chi connectivity index (χ4n) is 1.48. The van der Waals surface area contributed by atoms with Crippen molar-refractivity contribution in [2.24, 2.45) is 0 Å². The Labute approximate surface area is 109 Å². The molecule has 1 aromatic carbocycles. The van der Waals surface area contributed by atoms with Gasteiger partial charge in [-0.1, -0.05) is 18.2 Å². The number of thiocarbonyl (C=S) groups is 1. The zero-order chi connectivity index (χ0) is 13.0. The van der Waals surface area contributed by atoms with Gasteiger partial charge in [0.05, 0.1) is 0 Å². The van der Waals surface area contributed by atoms with Gasteiger partial charge in [0.1, 0.15) is 17.5 Å². The first-order chi connectivity index (χ1) is 8.70. The second-order valence-corrected chi connectivity index (χ2v) is 3.86. The standard InChI is InChI=1S/C12H9N3O2S/c13-5-6-17-10-4-2-1-3-8(10)7-9-11(16)15-12(18)14-9/h1-4,7H,6H2,(H2,14,15,16,18). The second kappa shape index (κ2) is 5.29. The van der Waals surface area contributed by atoms with Crippen molar-refractivity contribution < 1.29 is 9.53 Å². The normalized spacial score (nSPS) is 16.1. The molecule has 2 N–H and O–H groups in total. The number of amides is 1. The third-order valence-corrected chi connectivity index (χ3v) is 2.44. The molecule has 1 amide bonds. The molecule has 90 valence electrons. The van der Waals surface area contributed by atoms with Crippen molar-refractivity contribution in [1.82, 2.24) is 10.6 Å². The van der Waals surface area contributed by atoms with Crippen molar-refractivity contribution >= 4 is 29.3 Å². The lowest BCUT2D eigenvalue weighted by Gasteiger charge is -2.05. The largest absolute Gasteiger partial charge is 0.478 e. The van der Waals surface area contributed by atoms with Gasteiger partial charge in [0.25, 0.3) is 5.91 Å². The molecule has 0 saturated carbocycles. The van der Waals surface area contributed by atoms with Crippen molar-refractivity contribution in [3.63, 3.8) is 0 Å². The van der Waals surface area contributed by atoms with Crippen LogP contribution in [0.1, 0.15) is 5.56 Å². The number of nitrogens with one attached hydrogen (secondary N) is 2. The lowest BCUT2D eigenvalue weighted by atomic mass is 10.1. The molecular formula is C12H9N3O2S. The number of nitrogens with zero attached hydrogens (tertiary/aromatic N) is 1. The molecule has 0 atom stereocenters. The van der Waals surface area contributed by atoms with Crippen LogP contribution in [0.15, 0.2) is 30.0 Å². The predicted molar refractivity (Wildman–Crippen MR) is 69.4 cm³/mol. The maximum absolute atomic E-state index is 11.5. The zero-order valence-electron chi connectivity index (χ0n) is 9.27. The van der Waals surface area contributed by atoms with E-state index in [0.29, 0.717) is 17.0 Å².